The summed E-state index contributed by atoms with van der Waals surface area (Å²) in [6.07, 6.45) is 3.01. The third-order valence-corrected chi connectivity index (χ3v) is 5.09. The quantitative estimate of drug-likeness (QED) is 0.836. The van der Waals surface area contributed by atoms with Crippen molar-refractivity contribution in [2.75, 3.05) is 0 Å². The minimum Gasteiger partial charge on any atom is -0.481 e. The summed E-state index contributed by atoms with van der Waals surface area (Å²) in [6, 6.07) is 1.91. The Labute approximate surface area is 147 Å². The van der Waals surface area contributed by atoms with Crippen molar-refractivity contribution in [2.24, 2.45) is 0 Å². The van der Waals surface area contributed by atoms with Crippen molar-refractivity contribution in [1.29, 1.82) is 0 Å². The Morgan fingerprint density at radius 1 is 1.29 bits per heavy atom. The van der Waals surface area contributed by atoms with Crippen LogP contribution in [0.5, 0.6) is 0 Å². The molecular formula is C18H25N3O2S. The Morgan fingerprint density at radius 2 is 2.00 bits per heavy atom. The molecule has 0 bridgehead atoms. The van der Waals surface area contributed by atoms with E-state index in [-0.39, 0.29) is 11.8 Å². The Kier molecular flexibility index (Phi) is 5.70. The van der Waals surface area contributed by atoms with E-state index in [1.165, 1.54) is 0 Å². The van der Waals surface area contributed by atoms with Gasteiger partial charge in [0.05, 0.1) is 21.3 Å². The minimum absolute atomic E-state index is 0.00387. The topological polar surface area (TPSA) is 76.0 Å². The van der Waals surface area contributed by atoms with E-state index >= 15 is 0 Å². The lowest BCUT2D eigenvalue weighted by molar-refractivity contribution is -0.137. The maximum absolute atomic E-state index is 10.6. The second-order valence-corrected chi connectivity index (χ2v) is 8.24. The van der Waals surface area contributed by atoms with Gasteiger partial charge in [-0.05, 0) is 18.4 Å². The zero-order chi connectivity index (χ0) is 17.9. The summed E-state index contributed by atoms with van der Waals surface area (Å²) in [4.78, 5) is 25.5. The largest absolute Gasteiger partial charge is 0.481 e. The van der Waals surface area contributed by atoms with Gasteiger partial charge in [0.15, 0.2) is 0 Å². The van der Waals surface area contributed by atoms with E-state index in [0.717, 1.165) is 21.3 Å². The number of nitrogens with zero attached hydrogens (tertiary/aromatic N) is 3. The molecule has 0 aliphatic rings. The molecule has 0 atom stereocenters. The normalized spacial score (nSPS) is 11.9. The number of aromatic nitrogens is 3. The molecule has 1 N–H and O–H groups in total. The molecular weight excluding hydrogens is 322 g/mol. The number of thiazole rings is 1. The first kappa shape index (κ1) is 18.5. The van der Waals surface area contributed by atoms with Crippen LogP contribution in [0.25, 0.3) is 10.6 Å². The minimum atomic E-state index is -0.787. The standard InChI is InChI=1S/C18H25N3O2S/c1-11(2)15-16(24-17(21-15)18(3,4)5)12-9-10-19-13(20-12)7-6-8-14(22)23/h9-11H,6-8H2,1-5H3,(H,22,23). The molecule has 5 nitrogen and oxygen atoms in total. The number of hydrogen-bond acceptors (Lipinski definition) is 5. The first-order chi connectivity index (χ1) is 11.2. The molecule has 0 saturated heterocycles. The highest BCUT2D eigenvalue weighted by Gasteiger charge is 2.24. The van der Waals surface area contributed by atoms with Crippen molar-refractivity contribution in [3.63, 3.8) is 0 Å². The lowest BCUT2D eigenvalue weighted by atomic mass is 9.98. The SMILES string of the molecule is CC(C)c1nc(C(C)(C)C)sc1-c1ccnc(CCCC(=O)O)n1. The van der Waals surface area contributed by atoms with Crippen LogP contribution in [0, 0.1) is 0 Å². The highest BCUT2D eigenvalue weighted by Crippen LogP contribution is 2.38. The molecule has 0 saturated carbocycles. The van der Waals surface area contributed by atoms with Crippen molar-refractivity contribution in [3.8, 4) is 10.6 Å². The molecule has 24 heavy (non-hydrogen) atoms. The lowest BCUT2D eigenvalue weighted by Gasteiger charge is -2.13. The number of aliphatic carboxylic acids is 1. The molecule has 0 aliphatic carbocycles. The number of aryl methyl sites for hydroxylation is 1. The van der Waals surface area contributed by atoms with E-state index in [1.54, 1.807) is 17.5 Å². The monoisotopic (exact) mass is 347 g/mol. The third-order valence-electron chi connectivity index (χ3n) is 3.57. The molecule has 6 heteroatoms. The average molecular weight is 347 g/mol. The zero-order valence-corrected chi connectivity index (χ0v) is 15.8. The van der Waals surface area contributed by atoms with Gasteiger partial charge >= 0.3 is 5.97 Å². The van der Waals surface area contributed by atoms with E-state index < -0.39 is 5.97 Å². The average Bonchev–Trinajstić information content (AvgIpc) is 2.92. The van der Waals surface area contributed by atoms with Gasteiger partial charge in [-0.1, -0.05) is 34.6 Å². The van der Waals surface area contributed by atoms with Gasteiger partial charge < -0.3 is 5.11 Å². The summed E-state index contributed by atoms with van der Waals surface area (Å²) in [7, 11) is 0. The summed E-state index contributed by atoms with van der Waals surface area (Å²) < 4.78 is 0. The number of hydrogen-bond donors (Lipinski definition) is 1. The summed E-state index contributed by atoms with van der Waals surface area (Å²) >= 11 is 1.69. The van der Waals surface area contributed by atoms with Crippen molar-refractivity contribution in [2.45, 2.75) is 65.2 Å². The predicted molar refractivity (Wildman–Crippen MR) is 96.5 cm³/mol. The fourth-order valence-corrected chi connectivity index (χ4v) is 3.52. The molecule has 2 heterocycles. The van der Waals surface area contributed by atoms with E-state index in [2.05, 4.69) is 44.6 Å². The van der Waals surface area contributed by atoms with Crippen LogP contribution < -0.4 is 0 Å². The van der Waals surface area contributed by atoms with Crippen LogP contribution >= 0.6 is 11.3 Å². The maximum atomic E-state index is 10.6. The van der Waals surface area contributed by atoms with Gasteiger partial charge in [-0.2, -0.15) is 0 Å². The van der Waals surface area contributed by atoms with Gasteiger partial charge in [-0.15, -0.1) is 11.3 Å². The van der Waals surface area contributed by atoms with Crippen molar-refractivity contribution < 1.29 is 9.90 Å². The number of carboxylic acid groups (broad SMARTS) is 1. The van der Waals surface area contributed by atoms with Gasteiger partial charge in [-0.25, -0.2) is 15.0 Å². The van der Waals surface area contributed by atoms with Crippen LogP contribution in [0.15, 0.2) is 12.3 Å². The molecule has 0 amide bonds. The van der Waals surface area contributed by atoms with E-state index in [9.17, 15) is 4.79 Å². The molecule has 0 aromatic carbocycles. The van der Waals surface area contributed by atoms with Crippen LogP contribution in [0.1, 0.15) is 69.9 Å². The molecule has 130 valence electrons. The van der Waals surface area contributed by atoms with E-state index in [0.29, 0.717) is 24.6 Å². The zero-order valence-electron chi connectivity index (χ0n) is 15.0. The molecule has 0 unspecified atom stereocenters. The van der Waals surface area contributed by atoms with E-state index in [4.69, 9.17) is 10.1 Å². The fourth-order valence-electron chi connectivity index (χ4n) is 2.27. The van der Waals surface area contributed by atoms with Crippen LogP contribution in [-0.2, 0) is 16.6 Å². The van der Waals surface area contributed by atoms with Gasteiger partial charge in [0, 0.05) is 24.5 Å². The first-order valence-electron chi connectivity index (χ1n) is 8.23. The third kappa shape index (κ3) is 4.60. The molecule has 0 aliphatic heterocycles. The molecule has 0 radical (unpaired) electrons. The Morgan fingerprint density at radius 3 is 2.58 bits per heavy atom. The fraction of sp³-hybridized carbons (Fsp3) is 0.556. The van der Waals surface area contributed by atoms with Crippen molar-refractivity contribution >= 4 is 17.3 Å². The van der Waals surface area contributed by atoms with Crippen LogP contribution in [0.2, 0.25) is 0 Å². The van der Waals surface area contributed by atoms with Gasteiger partial charge in [-0.3, -0.25) is 4.79 Å². The van der Waals surface area contributed by atoms with Crippen LogP contribution in [0.3, 0.4) is 0 Å². The molecule has 2 rings (SSSR count). The summed E-state index contributed by atoms with van der Waals surface area (Å²) in [5.74, 6) is 0.220. The summed E-state index contributed by atoms with van der Waals surface area (Å²) in [6.45, 7) is 10.8. The number of carbonyl (C=O) groups is 1. The number of carboxylic acids is 1. The second-order valence-electron chi connectivity index (χ2n) is 7.24. The molecule has 2 aromatic heterocycles. The van der Waals surface area contributed by atoms with Crippen molar-refractivity contribution in [3.05, 3.63) is 28.8 Å². The van der Waals surface area contributed by atoms with Gasteiger partial charge in [0.1, 0.15) is 5.82 Å². The first-order valence-corrected chi connectivity index (χ1v) is 9.05. The predicted octanol–water partition coefficient (Wildman–Crippen LogP) is 4.43. The smallest absolute Gasteiger partial charge is 0.303 e. The lowest BCUT2D eigenvalue weighted by Crippen LogP contribution is -2.10. The molecule has 0 fully saturated rings. The van der Waals surface area contributed by atoms with Gasteiger partial charge in [0.2, 0.25) is 0 Å². The van der Waals surface area contributed by atoms with Crippen LogP contribution in [0.4, 0.5) is 0 Å². The summed E-state index contributed by atoms with van der Waals surface area (Å²) in [5, 5.41) is 9.86. The molecule has 0 spiro atoms. The Bertz CT molecular complexity index is 717. The van der Waals surface area contributed by atoms with E-state index in [1.807, 2.05) is 6.07 Å². The van der Waals surface area contributed by atoms with Gasteiger partial charge in [0.25, 0.3) is 0 Å². The molecule has 2 aromatic rings. The second kappa shape index (κ2) is 7.38. The van der Waals surface area contributed by atoms with Crippen molar-refractivity contribution in [1.82, 2.24) is 15.0 Å². The van der Waals surface area contributed by atoms with Crippen LogP contribution in [-0.4, -0.2) is 26.0 Å². The Balaban J connectivity index is 2.33. The Hall–Kier alpha value is -1.82. The maximum Gasteiger partial charge on any atom is 0.303 e. The number of rotatable bonds is 6. The highest BCUT2D eigenvalue weighted by atomic mass is 32.1. The highest BCUT2D eigenvalue weighted by molar-refractivity contribution is 7.15. The summed E-state index contributed by atoms with van der Waals surface area (Å²) in [5.41, 5.74) is 1.95.